The number of hydrogen-bond acceptors (Lipinski definition) is 3. The zero-order chi connectivity index (χ0) is 13.7. The number of anilines is 1. The molecule has 0 bridgehead atoms. The summed E-state index contributed by atoms with van der Waals surface area (Å²) in [5.41, 5.74) is 0.894. The molecule has 1 N–H and O–H groups in total. The molecule has 0 aliphatic heterocycles. The molecule has 0 saturated carbocycles. The Morgan fingerprint density at radius 3 is 2.95 bits per heavy atom. The summed E-state index contributed by atoms with van der Waals surface area (Å²) in [6.45, 7) is 3.02. The lowest BCUT2D eigenvalue weighted by Gasteiger charge is -2.10. The molecule has 100 valence electrons. The van der Waals surface area contributed by atoms with Crippen molar-refractivity contribution in [3.63, 3.8) is 0 Å². The number of hydrogen-bond donors (Lipinski definition) is 1. The second kappa shape index (κ2) is 6.38. The van der Waals surface area contributed by atoms with E-state index in [0.29, 0.717) is 0 Å². The third-order valence-corrected chi connectivity index (χ3v) is 2.78. The van der Waals surface area contributed by atoms with Crippen LogP contribution in [-0.2, 0) is 6.61 Å². The second-order valence-corrected chi connectivity index (χ2v) is 4.33. The fourth-order valence-electron chi connectivity index (χ4n) is 1.62. The maximum absolute atomic E-state index is 13.5. The van der Waals surface area contributed by atoms with E-state index in [1.54, 1.807) is 18.3 Å². The van der Waals surface area contributed by atoms with Gasteiger partial charge in [0.1, 0.15) is 12.4 Å². The van der Waals surface area contributed by atoms with Crippen LogP contribution in [0.4, 0.5) is 10.2 Å². The fraction of sp³-hybridized carbons (Fsp3) is 0.214. The van der Waals surface area contributed by atoms with Gasteiger partial charge in [-0.05, 0) is 36.8 Å². The van der Waals surface area contributed by atoms with Crippen LogP contribution in [0.2, 0.25) is 5.02 Å². The molecule has 0 aliphatic rings. The molecule has 0 aliphatic carbocycles. The van der Waals surface area contributed by atoms with Crippen LogP contribution < -0.4 is 10.1 Å². The first kappa shape index (κ1) is 13.6. The quantitative estimate of drug-likeness (QED) is 0.902. The van der Waals surface area contributed by atoms with Crippen molar-refractivity contribution < 1.29 is 9.13 Å². The van der Waals surface area contributed by atoms with Crippen molar-refractivity contribution in [2.45, 2.75) is 13.5 Å². The Morgan fingerprint density at radius 1 is 1.37 bits per heavy atom. The highest BCUT2D eigenvalue weighted by Crippen LogP contribution is 2.28. The van der Waals surface area contributed by atoms with E-state index in [1.807, 2.05) is 19.1 Å². The summed E-state index contributed by atoms with van der Waals surface area (Å²) in [6, 6.07) is 8.13. The molecule has 2 rings (SSSR count). The molecule has 0 fully saturated rings. The second-order valence-electron chi connectivity index (χ2n) is 3.92. The van der Waals surface area contributed by atoms with Gasteiger partial charge in [-0.3, -0.25) is 0 Å². The first-order chi connectivity index (χ1) is 9.20. The third kappa shape index (κ3) is 3.58. The van der Waals surface area contributed by atoms with Crippen LogP contribution in [0.3, 0.4) is 0 Å². The number of pyridine rings is 1. The smallest absolute Gasteiger partial charge is 0.174 e. The van der Waals surface area contributed by atoms with Gasteiger partial charge in [0.2, 0.25) is 0 Å². The van der Waals surface area contributed by atoms with Crippen LogP contribution in [0, 0.1) is 5.82 Å². The molecular weight excluding hydrogens is 267 g/mol. The van der Waals surface area contributed by atoms with Crippen molar-refractivity contribution in [1.82, 2.24) is 4.98 Å². The Morgan fingerprint density at radius 2 is 2.21 bits per heavy atom. The average Bonchev–Trinajstić information content (AvgIpc) is 2.39. The largest absolute Gasteiger partial charge is 0.484 e. The molecule has 19 heavy (non-hydrogen) atoms. The Balaban J connectivity index is 2.08. The number of para-hydroxylation sites is 1. The minimum Gasteiger partial charge on any atom is -0.484 e. The number of aromatic nitrogens is 1. The van der Waals surface area contributed by atoms with Gasteiger partial charge in [0.15, 0.2) is 11.6 Å². The van der Waals surface area contributed by atoms with Gasteiger partial charge in [-0.25, -0.2) is 9.37 Å². The number of halogens is 2. The summed E-state index contributed by atoms with van der Waals surface area (Å²) < 4.78 is 18.9. The maximum Gasteiger partial charge on any atom is 0.174 e. The monoisotopic (exact) mass is 280 g/mol. The lowest BCUT2D eigenvalue weighted by molar-refractivity contribution is 0.290. The predicted octanol–water partition coefficient (Wildman–Crippen LogP) is 3.88. The van der Waals surface area contributed by atoms with Crippen LogP contribution >= 0.6 is 11.6 Å². The summed E-state index contributed by atoms with van der Waals surface area (Å²) >= 11 is 5.89. The zero-order valence-electron chi connectivity index (χ0n) is 10.5. The van der Waals surface area contributed by atoms with Gasteiger partial charge in [0, 0.05) is 12.7 Å². The Kier molecular flexibility index (Phi) is 4.58. The number of nitrogens with zero attached hydrogens (tertiary/aromatic N) is 1. The maximum atomic E-state index is 13.5. The van der Waals surface area contributed by atoms with E-state index in [-0.39, 0.29) is 17.4 Å². The summed E-state index contributed by atoms with van der Waals surface area (Å²) in [5, 5.41) is 3.37. The molecule has 1 aromatic heterocycles. The lowest BCUT2D eigenvalue weighted by Crippen LogP contribution is -2.02. The normalized spacial score (nSPS) is 10.3. The molecule has 1 heterocycles. The van der Waals surface area contributed by atoms with Crippen LogP contribution in [0.25, 0.3) is 0 Å². The van der Waals surface area contributed by atoms with Gasteiger partial charge >= 0.3 is 0 Å². The fourth-order valence-corrected chi connectivity index (χ4v) is 1.84. The van der Waals surface area contributed by atoms with E-state index in [9.17, 15) is 4.39 Å². The van der Waals surface area contributed by atoms with E-state index in [0.717, 1.165) is 17.9 Å². The van der Waals surface area contributed by atoms with Gasteiger partial charge < -0.3 is 10.1 Å². The Labute approximate surface area is 116 Å². The average molecular weight is 281 g/mol. The predicted molar refractivity (Wildman–Crippen MR) is 74.1 cm³/mol. The first-order valence-corrected chi connectivity index (χ1v) is 6.34. The van der Waals surface area contributed by atoms with E-state index < -0.39 is 5.82 Å². The summed E-state index contributed by atoms with van der Waals surface area (Å²) in [5.74, 6) is 0.377. The number of benzene rings is 1. The van der Waals surface area contributed by atoms with Crippen molar-refractivity contribution in [1.29, 1.82) is 0 Å². The number of ether oxygens (including phenoxy) is 1. The highest BCUT2D eigenvalue weighted by molar-refractivity contribution is 6.32. The minimum atomic E-state index is -0.464. The molecule has 0 spiro atoms. The van der Waals surface area contributed by atoms with Crippen molar-refractivity contribution in [3.05, 3.63) is 52.9 Å². The third-order valence-electron chi connectivity index (χ3n) is 2.48. The number of nitrogens with one attached hydrogen (secondary N) is 1. The van der Waals surface area contributed by atoms with E-state index in [1.165, 1.54) is 6.07 Å². The minimum absolute atomic E-state index is 0.0750. The van der Waals surface area contributed by atoms with Gasteiger partial charge in [-0.2, -0.15) is 0 Å². The van der Waals surface area contributed by atoms with E-state index >= 15 is 0 Å². The molecule has 2 aromatic rings. The Bertz CT molecular complexity index is 543. The highest BCUT2D eigenvalue weighted by Gasteiger charge is 2.08. The molecule has 5 heteroatoms. The van der Waals surface area contributed by atoms with Gasteiger partial charge in [0.05, 0.1) is 5.02 Å². The summed E-state index contributed by atoms with van der Waals surface area (Å²) in [6.07, 6.45) is 1.68. The van der Waals surface area contributed by atoms with Gasteiger partial charge in [-0.15, -0.1) is 0 Å². The molecular formula is C14H14ClFN2O. The zero-order valence-corrected chi connectivity index (χ0v) is 11.2. The van der Waals surface area contributed by atoms with Gasteiger partial charge in [0.25, 0.3) is 0 Å². The Hall–Kier alpha value is -1.81. The van der Waals surface area contributed by atoms with E-state index in [2.05, 4.69) is 10.3 Å². The van der Waals surface area contributed by atoms with Crippen LogP contribution in [0.1, 0.15) is 12.5 Å². The topological polar surface area (TPSA) is 34.1 Å². The molecule has 0 saturated heterocycles. The van der Waals surface area contributed by atoms with Crippen LogP contribution in [-0.4, -0.2) is 11.5 Å². The van der Waals surface area contributed by atoms with Gasteiger partial charge in [-0.1, -0.05) is 17.7 Å². The molecule has 0 unspecified atom stereocenters. The van der Waals surface area contributed by atoms with Crippen LogP contribution in [0.5, 0.6) is 5.75 Å². The van der Waals surface area contributed by atoms with Crippen LogP contribution in [0.15, 0.2) is 36.5 Å². The van der Waals surface area contributed by atoms with Crippen molar-refractivity contribution in [2.75, 3.05) is 11.9 Å². The van der Waals surface area contributed by atoms with Crippen molar-refractivity contribution >= 4 is 17.4 Å². The van der Waals surface area contributed by atoms with E-state index in [4.69, 9.17) is 16.3 Å². The lowest BCUT2D eigenvalue weighted by atomic mass is 10.2. The molecule has 0 radical (unpaired) electrons. The number of rotatable bonds is 5. The standard InChI is InChI=1S/C14H14ClFN2O/c1-2-17-13-8-10(6-7-18-13)9-19-14-11(15)4-3-5-12(14)16/h3-8H,2,9H2,1H3,(H,17,18). The van der Waals surface area contributed by atoms with Crippen molar-refractivity contribution in [2.24, 2.45) is 0 Å². The molecule has 0 atom stereocenters. The summed E-state index contributed by atoms with van der Waals surface area (Å²) in [7, 11) is 0. The molecule has 1 aromatic carbocycles. The molecule has 3 nitrogen and oxygen atoms in total. The first-order valence-electron chi connectivity index (χ1n) is 5.96. The SMILES string of the molecule is CCNc1cc(COc2c(F)cccc2Cl)ccn1. The molecule has 0 amide bonds. The van der Waals surface area contributed by atoms with Crippen molar-refractivity contribution in [3.8, 4) is 5.75 Å². The highest BCUT2D eigenvalue weighted by atomic mass is 35.5. The summed E-state index contributed by atoms with van der Waals surface area (Å²) in [4.78, 5) is 4.15.